The highest BCUT2D eigenvalue weighted by Crippen LogP contribution is 2.51. The van der Waals surface area contributed by atoms with E-state index in [1.165, 1.54) is 21.3 Å². The Morgan fingerprint density at radius 3 is 2.45 bits per heavy atom. The molecule has 0 N–H and O–H groups in total. The first-order chi connectivity index (χ1) is 14.1. The molecule has 0 saturated carbocycles. The first-order valence-corrected chi connectivity index (χ1v) is 9.05. The molecule has 148 valence electrons. The maximum absolute atomic E-state index is 13.5. The second kappa shape index (κ2) is 7.09. The molecule has 0 unspecified atom stereocenters. The van der Waals surface area contributed by atoms with E-state index in [1.54, 1.807) is 24.3 Å². The number of carbonyl (C=O) groups is 2. The second-order valence-electron chi connectivity index (χ2n) is 6.35. The fourth-order valence-electron chi connectivity index (χ4n) is 3.72. The number of nitrogens with zero attached hydrogens (tertiary/aromatic N) is 1. The van der Waals surface area contributed by atoms with Crippen LogP contribution in [0.1, 0.15) is 33.2 Å². The van der Waals surface area contributed by atoms with Gasteiger partial charge in [0.05, 0.1) is 55.8 Å². The molecule has 29 heavy (non-hydrogen) atoms. The zero-order chi connectivity index (χ0) is 20.7. The number of rotatable bonds is 5. The molecule has 1 aliphatic rings. The van der Waals surface area contributed by atoms with Crippen LogP contribution in [0, 0.1) is 0 Å². The molecule has 1 heterocycles. The predicted octanol–water partition coefficient (Wildman–Crippen LogP) is 3.65. The standard InChI is InChI=1S/C22H19NO6/c1-5-29-21-16-12(10-14(26-2)20(21)27-3)18-17(19(16)24)15(22(25)28-4)11-8-6-7-9-13(11)23-18/h6-10H,5H2,1-4H3. The number of hydrogen-bond acceptors (Lipinski definition) is 7. The van der Waals surface area contributed by atoms with Crippen molar-refractivity contribution < 1.29 is 28.5 Å². The normalized spacial score (nSPS) is 11.8. The molecule has 0 spiro atoms. The van der Waals surface area contributed by atoms with E-state index < -0.39 is 5.97 Å². The lowest BCUT2D eigenvalue weighted by molar-refractivity contribution is 0.0600. The van der Waals surface area contributed by atoms with E-state index in [-0.39, 0.29) is 22.7 Å². The van der Waals surface area contributed by atoms with Gasteiger partial charge < -0.3 is 18.9 Å². The van der Waals surface area contributed by atoms with Crippen LogP contribution < -0.4 is 14.2 Å². The van der Waals surface area contributed by atoms with E-state index in [0.29, 0.717) is 45.8 Å². The number of esters is 1. The van der Waals surface area contributed by atoms with Crippen LogP contribution in [-0.2, 0) is 4.74 Å². The van der Waals surface area contributed by atoms with Gasteiger partial charge in [-0.25, -0.2) is 9.78 Å². The zero-order valence-electron chi connectivity index (χ0n) is 16.5. The Morgan fingerprint density at radius 1 is 1.03 bits per heavy atom. The third kappa shape index (κ3) is 2.61. The third-order valence-corrected chi connectivity index (χ3v) is 4.91. The number of carbonyl (C=O) groups excluding carboxylic acids is 2. The Labute approximate surface area is 167 Å². The lowest BCUT2D eigenvalue weighted by Crippen LogP contribution is -2.11. The molecule has 7 heteroatoms. The summed E-state index contributed by atoms with van der Waals surface area (Å²) < 4.78 is 21.7. The van der Waals surface area contributed by atoms with Gasteiger partial charge >= 0.3 is 5.97 Å². The minimum absolute atomic E-state index is 0.190. The lowest BCUT2D eigenvalue weighted by atomic mass is 9.99. The van der Waals surface area contributed by atoms with Crippen molar-refractivity contribution in [1.29, 1.82) is 0 Å². The fraction of sp³-hybridized carbons (Fsp3) is 0.227. The Balaban J connectivity index is 2.14. The Bertz CT molecular complexity index is 1170. The van der Waals surface area contributed by atoms with E-state index in [1.807, 2.05) is 13.0 Å². The summed E-state index contributed by atoms with van der Waals surface area (Å²) in [7, 11) is 4.27. The number of ether oxygens (including phenoxy) is 4. The highest BCUT2D eigenvalue weighted by atomic mass is 16.5. The summed E-state index contributed by atoms with van der Waals surface area (Å²) >= 11 is 0. The molecular formula is C22H19NO6. The molecule has 3 aromatic rings. The van der Waals surface area contributed by atoms with Crippen molar-refractivity contribution >= 4 is 22.7 Å². The second-order valence-corrected chi connectivity index (χ2v) is 6.35. The van der Waals surface area contributed by atoms with Crippen molar-refractivity contribution in [3.05, 3.63) is 47.0 Å². The van der Waals surface area contributed by atoms with Gasteiger partial charge in [0.25, 0.3) is 0 Å². The summed E-state index contributed by atoms with van der Waals surface area (Å²) in [5, 5.41) is 0.552. The maximum Gasteiger partial charge on any atom is 0.339 e. The van der Waals surface area contributed by atoms with E-state index in [2.05, 4.69) is 4.98 Å². The smallest absolute Gasteiger partial charge is 0.339 e. The summed E-state index contributed by atoms with van der Waals surface area (Å²) in [5.74, 6) is 0.0338. The van der Waals surface area contributed by atoms with Crippen molar-refractivity contribution in [2.45, 2.75) is 6.92 Å². The number of methoxy groups -OCH3 is 3. The van der Waals surface area contributed by atoms with Crippen LogP contribution in [0.25, 0.3) is 22.2 Å². The zero-order valence-corrected chi connectivity index (χ0v) is 16.5. The van der Waals surface area contributed by atoms with Crippen molar-refractivity contribution in [3.63, 3.8) is 0 Å². The number of hydrogen-bond donors (Lipinski definition) is 0. The number of aromatic nitrogens is 1. The van der Waals surface area contributed by atoms with Gasteiger partial charge in [0.2, 0.25) is 11.5 Å². The number of pyridine rings is 1. The molecule has 1 aliphatic carbocycles. The van der Waals surface area contributed by atoms with Crippen molar-refractivity contribution in [3.8, 4) is 28.5 Å². The Morgan fingerprint density at radius 2 is 1.79 bits per heavy atom. The van der Waals surface area contributed by atoms with Crippen LogP contribution in [-0.4, -0.2) is 44.7 Å². The quantitative estimate of drug-likeness (QED) is 0.479. The first kappa shape index (κ1) is 18.7. The van der Waals surface area contributed by atoms with Gasteiger partial charge in [0.15, 0.2) is 11.5 Å². The van der Waals surface area contributed by atoms with Crippen LogP contribution in [0.4, 0.5) is 0 Å². The summed E-state index contributed by atoms with van der Waals surface area (Å²) in [4.78, 5) is 30.8. The molecular weight excluding hydrogens is 374 g/mol. The molecule has 0 bridgehead atoms. The summed E-state index contributed by atoms with van der Waals surface area (Å²) in [5.41, 5.74) is 2.19. The number of ketones is 1. The monoisotopic (exact) mass is 393 g/mol. The molecule has 0 fully saturated rings. The van der Waals surface area contributed by atoms with Crippen molar-refractivity contribution in [2.75, 3.05) is 27.9 Å². The molecule has 0 aliphatic heterocycles. The van der Waals surface area contributed by atoms with Gasteiger partial charge in [-0.1, -0.05) is 18.2 Å². The largest absolute Gasteiger partial charge is 0.493 e. The minimum Gasteiger partial charge on any atom is -0.493 e. The van der Waals surface area contributed by atoms with E-state index in [9.17, 15) is 9.59 Å². The number of para-hydroxylation sites is 1. The van der Waals surface area contributed by atoms with Crippen molar-refractivity contribution in [2.24, 2.45) is 0 Å². The van der Waals surface area contributed by atoms with Gasteiger partial charge in [0.1, 0.15) is 0 Å². The highest BCUT2D eigenvalue weighted by molar-refractivity contribution is 6.29. The molecule has 2 aromatic carbocycles. The van der Waals surface area contributed by atoms with Crippen molar-refractivity contribution in [1.82, 2.24) is 4.98 Å². The maximum atomic E-state index is 13.5. The van der Waals surface area contributed by atoms with Gasteiger partial charge in [-0.15, -0.1) is 0 Å². The summed E-state index contributed by atoms with van der Waals surface area (Å²) in [6.07, 6.45) is 0. The first-order valence-electron chi connectivity index (χ1n) is 9.05. The van der Waals surface area contributed by atoms with Crippen LogP contribution in [0.3, 0.4) is 0 Å². The van der Waals surface area contributed by atoms with Gasteiger partial charge in [-0.2, -0.15) is 0 Å². The topological polar surface area (TPSA) is 84.0 Å². The number of fused-ring (bicyclic) bond motifs is 4. The Hall–Kier alpha value is -3.61. The molecule has 0 radical (unpaired) electrons. The van der Waals surface area contributed by atoms with Gasteiger partial charge in [0, 0.05) is 10.9 Å². The summed E-state index contributed by atoms with van der Waals surface area (Å²) in [6.45, 7) is 2.13. The van der Waals surface area contributed by atoms with E-state index in [0.717, 1.165) is 0 Å². The van der Waals surface area contributed by atoms with Crippen LogP contribution in [0.2, 0.25) is 0 Å². The molecule has 0 amide bonds. The van der Waals surface area contributed by atoms with Crippen LogP contribution in [0.15, 0.2) is 30.3 Å². The highest BCUT2D eigenvalue weighted by Gasteiger charge is 2.39. The van der Waals surface area contributed by atoms with E-state index >= 15 is 0 Å². The number of benzene rings is 2. The van der Waals surface area contributed by atoms with Gasteiger partial charge in [-0.05, 0) is 19.1 Å². The average molecular weight is 393 g/mol. The van der Waals surface area contributed by atoms with Gasteiger partial charge in [-0.3, -0.25) is 4.79 Å². The van der Waals surface area contributed by atoms with Crippen LogP contribution in [0.5, 0.6) is 17.2 Å². The molecule has 7 nitrogen and oxygen atoms in total. The average Bonchev–Trinajstić information content (AvgIpc) is 3.02. The lowest BCUT2D eigenvalue weighted by Gasteiger charge is -2.16. The molecule has 0 saturated heterocycles. The summed E-state index contributed by atoms with van der Waals surface area (Å²) in [6, 6.07) is 8.82. The minimum atomic E-state index is -0.599. The Kier molecular flexibility index (Phi) is 4.58. The third-order valence-electron chi connectivity index (χ3n) is 4.91. The predicted molar refractivity (Wildman–Crippen MR) is 106 cm³/mol. The fourth-order valence-corrected chi connectivity index (χ4v) is 3.72. The molecule has 0 atom stereocenters. The molecule has 1 aromatic heterocycles. The van der Waals surface area contributed by atoms with Crippen LogP contribution >= 0.6 is 0 Å². The van der Waals surface area contributed by atoms with E-state index in [4.69, 9.17) is 18.9 Å². The molecule has 4 rings (SSSR count). The SMILES string of the molecule is CCOc1c(OC)c(OC)cc2c1C(=O)c1c-2nc2ccccc2c1C(=O)OC.